The van der Waals surface area contributed by atoms with Gasteiger partial charge in [-0.15, -0.1) is 0 Å². The molecule has 0 fully saturated rings. The van der Waals surface area contributed by atoms with Gasteiger partial charge in [0.1, 0.15) is 5.60 Å². The van der Waals surface area contributed by atoms with Gasteiger partial charge in [0.25, 0.3) is 0 Å². The summed E-state index contributed by atoms with van der Waals surface area (Å²) in [5, 5.41) is 9.88. The van der Waals surface area contributed by atoms with Crippen LogP contribution in [0.1, 0.15) is 32.8 Å². The third kappa shape index (κ3) is 9.04. The first kappa shape index (κ1) is 22.4. The van der Waals surface area contributed by atoms with E-state index in [2.05, 4.69) is 0 Å². The molecule has 1 amide bonds. The summed E-state index contributed by atoms with van der Waals surface area (Å²) >= 11 is 14.0. The van der Waals surface area contributed by atoms with Gasteiger partial charge in [-0.1, -0.05) is 35.3 Å². The molecular formula is C18H27Cl2NO3S. The maximum absolute atomic E-state index is 12.4. The molecule has 0 aliphatic heterocycles. The highest BCUT2D eigenvalue weighted by Crippen LogP contribution is 2.26. The number of ether oxygens (including phenoxy) is 1. The zero-order valence-corrected chi connectivity index (χ0v) is 17.4. The third-order valence-electron chi connectivity index (χ3n) is 3.29. The molecule has 1 N–H and O–H groups in total. The van der Waals surface area contributed by atoms with Crippen molar-refractivity contribution in [3.63, 3.8) is 0 Å². The van der Waals surface area contributed by atoms with Crippen LogP contribution in [0.5, 0.6) is 0 Å². The lowest BCUT2D eigenvalue weighted by Gasteiger charge is -2.27. The molecule has 0 aliphatic carbocycles. The highest BCUT2D eigenvalue weighted by atomic mass is 35.5. The van der Waals surface area contributed by atoms with E-state index < -0.39 is 5.60 Å². The number of halogens is 2. The molecule has 4 nitrogen and oxygen atoms in total. The van der Waals surface area contributed by atoms with Crippen LogP contribution in [0.25, 0.3) is 0 Å². The topological polar surface area (TPSA) is 49.8 Å². The van der Waals surface area contributed by atoms with Crippen LogP contribution >= 0.6 is 35.0 Å². The molecule has 0 unspecified atom stereocenters. The van der Waals surface area contributed by atoms with Gasteiger partial charge in [0, 0.05) is 25.4 Å². The maximum Gasteiger partial charge on any atom is 0.410 e. The van der Waals surface area contributed by atoms with E-state index >= 15 is 0 Å². The van der Waals surface area contributed by atoms with Crippen LogP contribution in [-0.2, 0) is 11.2 Å². The highest BCUT2D eigenvalue weighted by molar-refractivity contribution is 7.99. The molecule has 0 saturated heterocycles. The first-order chi connectivity index (χ1) is 11.7. The number of carbonyl (C=O) groups excluding carboxylic acids is 1. The lowest BCUT2D eigenvalue weighted by atomic mass is 10.1. The number of aliphatic hydroxyl groups is 1. The average Bonchev–Trinajstić information content (AvgIpc) is 2.52. The van der Waals surface area contributed by atoms with E-state index in [1.165, 1.54) is 0 Å². The molecule has 7 heteroatoms. The second-order valence-corrected chi connectivity index (χ2v) is 8.63. The van der Waals surface area contributed by atoms with Crippen LogP contribution in [0, 0.1) is 0 Å². The second-order valence-electron chi connectivity index (χ2n) is 6.62. The van der Waals surface area contributed by atoms with E-state index in [0.717, 1.165) is 23.5 Å². The Morgan fingerprint density at radius 2 is 1.96 bits per heavy atom. The van der Waals surface area contributed by atoms with Gasteiger partial charge in [0.15, 0.2) is 0 Å². The normalized spacial score (nSPS) is 11.4. The fraction of sp³-hybridized carbons (Fsp3) is 0.611. The van der Waals surface area contributed by atoms with Crippen molar-refractivity contribution in [2.45, 2.75) is 39.2 Å². The lowest BCUT2D eigenvalue weighted by molar-refractivity contribution is 0.0264. The SMILES string of the molecule is CC(C)(C)OC(=O)N(CCSCCCO)CCc1cccc(Cl)c1Cl. The summed E-state index contributed by atoms with van der Waals surface area (Å²) in [4.78, 5) is 14.2. The zero-order valence-electron chi connectivity index (χ0n) is 15.1. The van der Waals surface area contributed by atoms with Gasteiger partial charge in [0.05, 0.1) is 10.0 Å². The molecule has 1 rings (SSSR count). The van der Waals surface area contributed by atoms with Crippen molar-refractivity contribution in [3.05, 3.63) is 33.8 Å². The van der Waals surface area contributed by atoms with Gasteiger partial charge in [-0.2, -0.15) is 11.8 Å². The molecule has 0 aliphatic rings. The van der Waals surface area contributed by atoms with E-state index in [1.807, 2.05) is 32.9 Å². The number of nitrogens with zero attached hydrogens (tertiary/aromatic N) is 1. The molecule has 0 atom stereocenters. The molecule has 1 aromatic carbocycles. The highest BCUT2D eigenvalue weighted by Gasteiger charge is 2.22. The number of hydrogen-bond donors (Lipinski definition) is 1. The molecule has 0 bridgehead atoms. The number of carbonyl (C=O) groups is 1. The summed E-state index contributed by atoms with van der Waals surface area (Å²) < 4.78 is 5.50. The minimum atomic E-state index is -0.535. The predicted molar refractivity (Wildman–Crippen MR) is 107 cm³/mol. The number of amides is 1. The average molecular weight is 408 g/mol. The molecule has 0 saturated carbocycles. The third-order valence-corrected chi connectivity index (χ3v) is 5.19. The van der Waals surface area contributed by atoms with Gasteiger partial charge in [-0.05, 0) is 51.0 Å². The van der Waals surface area contributed by atoms with Crippen molar-refractivity contribution >= 4 is 41.1 Å². The van der Waals surface area contributed by atoms with Crippen LogP contribution in [-0.4, -0.2) is 52.9 Å². The van der Waals surface area contributed by atoms with Crippen LogP contribution in [0.3, 0.4) is 0 Å². The van der Waals surface area contributed by atoms with Crippen LogP contribution in [0.15, 0.2) is 18.2 Å². The second kappa shape index (κ2) is 11.2. The standard InChI is InChI=1S/C18H27Cl2NO3S/c1-18(2,3)24-17(23)21(10-13-25-12-5-11-22)9-8-14-6-4-7-15(19)16(14)20/h4,6-7,22H,5,8-13H2,1-3H3. The molecule has 25 heavy (non-hydrogen) atoms. The van der Waals surface area contributed by atoms with Crippen molar-refractivity contribution in [1.82, 2.24) is 4.90 Å². The van der Waals surface area contributed by atoms with E-state index in [4.69, 9.17) is 33.0 Å². The summed E-state index contributed by atoms with van der Waals surface area (Å²) in [6, 6.07) is 5.51. The molecule has 0 heterocycles. The molecule has 0 aromatic heterocycles. The Labute approximate surface area is 164 Å². The molecule has 142 valence electrons. The van der Waals surface area contributed by atoms with Gasteiger partial charge < -0.3 is 14.7 Å². The van der Waals surface area contributed by atoms with Gasteiger partial charge >= 0.3 is 6.09 Å². The Bertz CT molecular complexity index is 550. The van der Waals surface area contributed by atoms with E-state index in [1.54, 1.807) is 22.7 Å². The zero-order chi connectivity index (χ0) is 18.9. The Morgan fingerprint density at radius 3 is 2.60 bits per heavy atom. The molecular weight excluding hydrogens is 381 g/mol. The Morgan fingerprint density at radius 1 is 1.24 bits per heavy atom. The summed E-state index contributed by atoms with van der Waals surface area (Å²) in [5.41, 5.74) is 0.378. The minimum absolute atomic E-state index is 0.191. The fourth-order valence-electron chi connectivity index (χ4n) is 2.06. The van der Waals surface area contributed by atoms with Gasteiger partial charge in [0.2, 0.25) is 0 Å². The van der Waals surface area contributed by atoms with Crippen molar-refractivity contribution in [1.29, 1.82) is 0 Å². The Hall–Kier alpha value is -0.620. The number of rotatable bonds is 9. The molecule has 0 spiro atoms. The Kier molecular flexibility index (Phi) is 10.0. The van der Waals surface area contributed by atoms with Crippen molar-refractivity contribution in [3.8, 4) is 0 Å². The van der Waals surface area contributed by atoms with E-state index in [9.17, 15) is 4.79 Å². The summed E-state index contributed by atoms with van der Waals surface area (Å²) in [6.07, 6.45) is 1.04. The minimum Gasteiger partial charge on any atom is -0.444 e. The maximum atomic E-state index is 12.4. The Balaban J connectivity index is 2.66. The largest absolute Gasteiger partial charge is 0.444 e. The van der Waals surface area contributed by atoms with Crippen molar-refractivity contribution < 1.29 is 14.6 Å². The number of benzene rings is 1. The summed E-state index contributed by atoms with van der Waals surface area (Å²) in [6.45, 7) is 6.85. The molecule has 1 aromatic rings. The van der Waals surface area contributed by atoms with Crippen LogP contribution in [0.4, 0.5) is 4.79 Å². The quantitative estimate of drug-likeness (QED) is 0.591. The van der Waals surface area contributed by atoms with E-state index in [0.29, 0.717) is 29.6 Å². The monoisotopic (exact) mass is 407 g/mol. The van der Waals surface area contributed by atoms with Crippen LogP contribution < -0.4 is 0 Å². The predicted octanol–water partition coefficient (Wildman–Crippen LogP) is 4.89. The van der Waals surface area contributed by atoms with Crippen molar-refractivity contribution in [2.24, 2.45) is 0 Å². The fourth-order valence-corrected chi connectivity index (χ4v) is 3.36. The number of aliphatic hydroxyl groups excluding tert-OH is 1. The van der Waals surface area contributed by atoms with E-state index in [-0.39, 0.29) is 12.7 Å². The molecule has 0 radical (unpaired) electrons. The number of hydrogen-bond acceptors (Lipinski definition) is 4. The first-order valence-corrected chi connectivity index (χ1v) is 10.2. The summed E-state index contributed by atoms with van der Waals surface area (Å²) in [7, 11) is 0. The number of thioether (sulfide) groups is 1. The smallest absolute Gasteiger partial charge is 0.410 e. The summed E-state index contributed by atoms with van der Waals surface area (Å²) in [5.74, 6) is 1.67. The van der Waals surface area contributed by atoms with Gasteiger partial charge in [-0.3, -0.25) is 0 Å². The van der Waals surface area contributed by atoms with Crippen LogP contribution in [0.2, 0.25) is 10.0 Å². The first-order valence-electron chi connectivity index (χ1n) is 8.34. The van der Waals surface area contributed by atoms with Gasteiger partial charge in [-0.25, -0.2) is 4.79 Å². The van der Waals surface area contributed by atoms with Crippen molar-refractivity contribution in [2.75, 3.05) is 31.2 Å². The lowest BCUT2D eigenvalue weighted by Crippen LogP contribution is -2.39.